The van der Waals surface area contributed by atoms with Crippen LogP contribution in [-0.2, 0) is 21.5 Å². The second kappa shape index (κ2) is 5.81. The van der Waals surface area contributed by atoms with Crippen molar-refractivity contribution in [3.05, 3.63) is 34.9 Å². The van der Waals surface area contributed by atoms with E-state index in [2.05, 4.69) is 18.2 Å². The number of amides is 1. The van der Waals surface area contributed by atoms with Crippen molar-refractivity contribution in [1.82, 2.24) is 4.90 Å². The Kier molecular flexibility index (Phi) is 3.71. The maximum absolute atomic E-state index is 12.9. The van der Waals surface area contributed by atoms with Crippen LogP contribution in [0, 0.1) is 5.41 Å². The third kappa shape index (κ3) is 2.40. The molecule has 3 aliphatic carbocycles. The van der Waals surface area contributed by atoms with Gasteiger partial charge in [-0.3, -0.25) is 9.69 Å². The van der Waals surface area contributed by atoms with Gasteiger partial charge in [-0.25, -0.2) is 4.99 Å². The molecule has 1 aromatic rings. The molecular weight excluding hydrogens is 338 g/mol. The van der Waals surface area contributed by atoms with Gasteiger partial charge in [0.2, 0.25) is 5.91 Å². The molecule has 2 fully saturated rings. The molecule has 2 N–H and O–H groups in total. The third-order valence-electron chi connectivity index (χ3n) is 7.69. The van der Waals surface area contributed by atoms with Crippen molar-refractivity contribution < 1.29 is 9.53 Å². The van der Waals surface area contributed by atoms with E-state index in [1.54, 1.807) is 14.2 Å². The van der Waals surface area contributed by atoms with Gasteiger partial charge in [0.25, 0.3) is 0 Å². The lowest BCUT2D eigenvalue weighted by atomic mass is 9.60. The quantitative estimate of drug-likeness (QED) is 0.873. The molecule has 0 radical (unpaired) electrons. The van der Waals surface area contributed by atoms with Gasteiger partial charge in [-0.05, 0) is 67.6 Å². The average Bonchev–Trinajstić information content (AvgIpc) is 3.48. The number of carbonyl (C=O) groups is 1. The van der Waals surface area contributed by atoms with Crippen LogP contribution in [-0.4, -0.2) is 37.0 Å². The van der Waals surface area contributed by atoms with Crippen LogP contribution < -0.4 is 5.73 Å². The summed E-state index contributed by atoms with van der Waals surface area (Å²) >= 11 is 0. The van der Waals surface area contributed by atoms with Crippen LogP contribution in [0.15, 0.2) is 23.2 Å². The number of hydrogen-bond acceptors (Lipinski definition) is 4. The van der Waals surface area contributed by atoms with Crippen LogP contribution in [0.4, 0.5) is 0 Å². The van der Waals surface area contributed by atoms with Crippen molar-refractivity contribution >= 4 is 11.9 Å². The fourth-order valence-corrected chi connectivity index (χ4v) is 5.81. The van der Waals surface area contributed by atoms with Gasteiger partial charge in [-0.2, -0.15) is 0 Å². The van der Waals surface area contributed by atoms with Gasteiger partial charge in [-0.1, -0.05) is 18.2 Å². The highest BCUT2D eigenvalue weighted by Gasteiger charge is 2.61. The van der Waals surface area contributed by atoms with Gasteiger partial charge in [0.15, 0.2) is 5.96 Å². The van der Waals surface area contributed by atoms with Crippen LogP contribution in [0.1, 0.15) is 67.6 Å². The molecule has 1 aromatic carbocycles. The number of fused-ring (bicyclic) bond motifs is 3. The molecule has 5 rings (SSSR count). The number of nitrogens with zero attached hydrogens (tertiary/aromatic N) is 2. The van der Waals surface area contributed by atoms with Crippen LogP contribution in [0.2, 0.25) is 0 Å². The summed E-state index contributed by atoms with van der Waals surface area (Å²) in [5.74, 6) is 1.14. The van der Waals surface area contributed by atoms with Crippen molar-refractivity contribution in [3.8, 4) is 0 Å². The van der Waals surface area contributed by atoms with E-state index in [1.165, 1.54) is 34.4 Å². The molecule has 1 atom stereocenters. The predicted molar refractivity (Wildman–Crippen MR) is 105 cm³/mol. The first-order valence-corrected chi connectivity index (χ1v) is 10.3. The first-order chi connectivity index (χ1) is 13.0. The Morgan fingerprint density at radius 3 is 2.56 bits per heavy atom. The zero-order valence-electron chi connectivity index (χ0n) is 16.3. The van der Waals surface area contributed by atoms with Crippen LogP contribution in [0.5, 0.6) is 0 Å². The first-order valence-electron chi connectivity index (χ1n) is 10.3. The summed E-state index contributed by atoms with van der Waals surface area (Å²) in [7, 11) is 3.54. The van der Waals surface area contributed by atoms with E-state index < -0.39 is 5.54 Å². The Labute approximate surface area is 161 Å². The van der Waals surface area contributed by atoms with Gasteiger partial charge < -0.3 is 10.5 Å². The molecule has 4 aliphatic rings. The molecule has 1 heterocycles. The number of rotatable bonds is 2. The van der Waals surface area contributed by atoms with E-state index in [0.717, 1.165) is 32.1 Å². The van der Waals surface area contributed by atoms with Gasteiger partial charge in [0, 0.05) is 19.6 Å². The summed E-state index contributed by atoms with van der Waals surface area (Å²) < 4.78 is 5.63. The average molecular weight is 367 g/mol. The summed E-state index contributed by atoms with van der Waals surface area (Å²) in [5.41, 5.74) is 9.79. The van der Waals surface area contributed by atoms with E-state index in [1.807, 2.05) is 0 Å². The van der Waals surface area contributed by atoms with Crippen molar-refractivity contribution in [2.75, 3.05) is 14.2 Å². The maximum atomic E-state index is 12.9. The lowest BCUT2D eigenvalue weighted by Gasteiger charge is -2.49. The number of hydrogen-bond donors (Lipinski definition) is 1. The monoisotopic (exact) mass is 367 g/mol. The molecule has 1 aliphatic heterocycles. The molecule has 1 amide bonds. The molecule has 27 heavy (non-hydrogen) atoms. The molecule has 2 spiro atoms. The SMILES string of the molecule is COC1CCC2(CC1)Cc1ccc(C3CC3)cc1C21CC(=O)N(C)C(N)=N1. The highest BCUT2D eigenvalue weighted by Crippen LogP contribution is 2.62. The van der Waals surface area contributed by atoms with Gasteiger partial charge >= 0.3 is 0 Å². The number of aliphatic imine (C=N–C) groups is 1. The van der Waals surface area contributed by atoms with Gasteiger partial charge in [-0.15, -0.1) is 0 Å². The normalized spacial score (nSPS) is 35.6. The summed E-state index contributed by atoms with van der Waals surface area (Å²) in [4.78, 5) is 19.5. The smallest absolute Gasteiger partial charge is 0.231 e. The Morgan fingerprint density at radius 1 is 1.19 bits per heavy atom. The van der Waals surface area contributed by atoms with E-state index in [-0.39, 0.29) is 11.3 Å². The highest BCUT2D eigenvalue weighted by molar-refractivity contribution is 5.99. The molecule has 0 aromatic heterocycles. The number of benzene rings is 1. The Hall–Kier alpha value is -1.88. The minimum absolute atomic E-state index is 0.0198. The predicted octanol–water partition coefficient (Wildman–Crippen LogP) is 3.07. The topological polar surface area (TPSA) is 67.9 Å². The second-order valence-electron chi connectivity index (χ2n) is 9.04. The fourth-order valence-electron chi connectivity index (χ4n) is 5.81. The number of ether oxygens (including phenoxy) is 1. The standard InChI is InChI=1S/C22H29N3O2/c1-25-19(26)13-22(24-20(25)23)18-11-15(14-3-4-14)5-6-16(18)12-21(22)9-7-17(27-2)8-10-21/h5-6,11,14,17H,3-4,7-10,12-13H2,1-2H3,(H2,23,24). The Bertz CT molecular complexity index is 821. The molecule has 2 saturated carbocycles. The van der Waals surface area contributed by atoms with Crippen molar-refractivity contribution in [3.63, 3.8) is 0 Å². The summed E-state index contributed by atoms with van der Waals surface area (Å²) in [6, 6.07) is 6.96. The van der Waals surface area contributed by atoms with E-state index in [9.17, 15) is 4.79 Å². The molecule has 144 valence electrons. The minimum atomic E-state index is -0.500. The fraction of sp³-hybridized carbons (Fsp3) is 0.636. The zero-order valence-corrected chi connectivity index (χ0v) is 16.3. The first kappa shape index (κ1) is 17.2. The molecule has 0 bridgehead atoms. The van der Waals surface area contributed by atoms with Crippen LogP contribution in [0.3, 0.4) is 0 Å². The molecule has 1 unspecified atom stereocenters. The number of carbonyl (C=O) groups excluding carboxylic acids is 1. The number of guanidine groups is 1. The highest BCUT2D eigenvalue weighted by atomic mass is 16.5. The van der Waals surface area contributed by atoms with Crippen molar-refractivity contribution in [1.29, 1.82) is 0 Å². The van der Waals surface area contributed by atoms with Crippen molar-refractivity contribution in [2.24, 2.45) is 16.1 Å². The second-order valence-corrected chi connectivity index (χ2v) is 9.04. The van der Waals surface area contributed by atoms with E-state index in [0.29, 0.717) is 24.4 Å². The Balaban J connectivity index is 1.65. The molecule has 5 nitrogen and oxygen atoms in total. The summed E-state index contributed by atoms with van der Waals surface area (Å²) in [6.07, 6.45) is 8.43. The molecule has 0 saturated heterocycles. The third-order valence-corrected chi connectivity index (χ3v) is 7.69. The maximum Gasteiger partial charge on any atom is 0.231 e. The summed E-state index contributed by atoms with van der Waals surface area (Å²) in [5, 5.41) is 0. The largest absolute Gasteiger partial charge is 0.381 e. The van der Waals surface area contributed by atoms with Gasteiger partial charge in [0.1, 0.15) is 5.54 Å². The van der Waals surface area contributed by atoms with E-state index in [4.69, 9.17) is 15.5 Å². The molecular formula is C22H29N3O2. The number of nitrogens with two attached hydrogens (primary N) is 1. The zero-order chi connectivity index (χ0) is 18.8. The lowest BCUT2D eigenvalue weighted by Crippen LogP contribution is -2.54. The minimum Gasteiger partial charge on any atom is -0.381 e. The van der Waals surface area contributed by atoms with Crippen molar-refractivity contribution in [2.45, 2.75) is 68.9 Å². The lowest BCUT2D eigenvalue weighted by molar-refractivity contribution is -0.131. The van der Waals surface area contributed by atoms with E-state index >= 15 is 0 Å². The van der Waals surface area contributed by atoms with Crippen LogP contribution in [0.25, 0.3) is 0 Å². The van der Waals surface area contributed by atoms with Gasteiger partial charge in [0.05, 0.1) is 12.5 Å². The Morgan fingerprint density at radius 2 is 1.93 bits per heavy atom. The molecule has 5 heteroatoms. The van der Waals surface area contributed by atoms with Crippen LogP contribution >= 0.6 is 0 Å². The number of methoxy groups -OCH3 is 1. The summed E-state index contributed by atoms with van der Waals surface area (Å²) in [6.45, 7) is 0.